The van der Waals surface area contributed by atoms with Gasteiger partial charge in [0.1, 0.15) is 5.41 Å². The molecule has 3 aliphatic rings. The summed E-state index contributed by atoms with van der Waals surface area (Å²) in [5.74, 6) is -0.395. The van der Waals surface area contributed by atoms with Gasteiger partial charge in [-0.25, -0.2) is 4.79 Å². The van der Waals surface area contributed by atoms with Gasteiger partial charge in [-0.3, -0.25) is 19.8 Å². The Morgan fingerprint density at radius 1 is 1.15 bits per heavy atom. The molecule has 3 fully saturated rings. The van der Waals surface area contributed by atoms with Gasteiger partial charge in [0.25, 0.3) is 0 Å². The monoisotopic (exact) mass is 280 g/mol. The number of urea groups is 1. The van der Waals surface area contributed by atoms with Crippen molar-refractivity contribution in [2.75, 3.05) is 19.8 Å². The summed E-state index contributed by atoms with van der Waals surface area (Å²) < 4.78 is 5.29. The third kappa shape index (κ3) is 2.12. The number of carbonyl (C=O) groups is 3. The van der Waals surface area contributed by atoms with Gasteiger partial charge in [-0.2, -0.15) is 0 Å². The molecule has 2 aliphatic heterocycles. The van der Waals surface area contributed by atoms with Gasteiger partial charge in [0, 0.05) is 19.8 Å². The van der Waals surface area contributed by atoms with Gasteiger partial charge in [-0.05, 0) is 31.6 Å². The number of amides is 4. The van der Waals surface area contributed by atoms with E-state index in [1.54, 1.807) is 0 Å². The molecule has 0 unspecified atom stereocenters. The number of ether oxygens (including phenoxy) is 1. The fraction of sp³-hybridized carbons (Fsp3) is 0.786. The van der Waals surface area contributed by atoms with Crippen LogP contribution >= 0.6 is 0 Å². The highest BCUT2D eigenvalue weighted by atomic mass is 16.5. The van der Waals surface area contributed by atoms with E-state index in [0.29, 0.717) is 32.6 Å². The molecule has 0 aromatic heterocycles. The SMILES string of the molecule is O=C1NC(=O)C2(CCCC2)C(=O)N1CC1CCOCC1. The molecule has 6 heteroatoms. The minimum atomic E-state index is -0.973. The standard InChI is InChI=1S/C14H20N2O4/c17-11-14(5-1-2-6-14)12(18)16(13(19)15-11)9-10-3-7-20-8-4-10/h10H,1-9H2,(H,15,17,19). The minimum Gasteiger partial charge on any atom is -0.381 e. The second-order valence-electron chi connectivity index (χ2n) is 6.02. The molecule has 110 valence electrons. The van der Waals surface area contributed by atoms with Crippen molar-refractivity contribution in [3.63, 3.8) is 0 Å². The van der Waals surface area contributed by atoms with Crippen molar-refractivity contribution in [2.45, 2.75) is 38.5 Å². The van der Waals surface area contributed by atoms with Crippen molar-refractivity contribution in [3.8, 4) is 0 Å². The third-order valence-electron chi connectivity index (χ3n) is 4.79. The molecular weight excluding hydrogens is 260 g/mol. The molecule has 2 saturated heterocycles. The van der Waals surface area contributed by atoms with Crippen LogP contribution in [0.1, 0.15) is 38.5 Å². The van der Waals surface area contributed by atoms with Gasteiger partial charge < -0.3 is 4.74 Å². The smallest absolute Gasteiger partial charge is 0.330 e. The Balaban J connectivity index is 1.77. The van der Waals surface area contributed by atoms with Crippen molar-refractivity contribution in [3.05, 3.63) is 0 Å². The Morgan fingerprint density at radius 2 is 1.80 bits per heavy atom. The molecule has 20 heavy (non-hydrogen) atoms. The van der Waals surface area contributed by atoms with Gasteiger partial charge in [0.2, 0.25) is 11.8 Å². The molecule has 0 aromatic carbocycles. The lowest BCUT2D eigenvalue weighted by Crippen LogP contribution is -2.63. The molecule has 0 radical (unpaired) electrons. The first-order valence-electron chi connectivity index (χ1n) is 7.39. The van der Waals surface area contributed by atoms with E-state index < -0.39 is 17.4 Å². The predicted molar refractivity (Wildman–Crippen MR) is 69.7 cm³/mol. The number of nitrogens with zero attached hydrogens (tertiary/aromatic N) is 1. The van der Waals surface area contributed by atoms with Gasteiger partial charge in [-0.1, -0.05) is 12.8 Å². The lowest BCUT2D eigenvalue weighted by atomic mass is 9.81. The summed E-state index contributed by atoms with van der Waals surface area (Å²) in [7, 11) is 0. The Labute approximate surface area is 117 Å². The predicted octanol–water partition coefficient (Wildman–Crippen LogP) is 1.05. The molecule has 0 atom stereocenters. The molecule has 3 rings (SSSR count). The molecule has 0 bridgehead atoms. The number of nitrogens with one attached hydrogen (secondary N) is 1. The number of hydrogen-bond donors (Lipinski definition) is 1. The largest absolute Gasteiger partial charge is 0.381 e. The summed E-state index contributed by atoms with van der Waals surface area (Å²) in [6, 6.07) is -0.552. The van der Waals surface area contributed by atoms with Gasteiger partial charge in [0.15, 0.2) is 0 Å². The number of carbonyl (C=O) groups excluding carboxylic acids is 3. The van der Waals surface area contributed by atoms with Crippen LogP contribution in [-0.2, 0) is 14.3 Å². The fourth-order valence-electron chi connectivity index (χ4n) is 3.50. The van der Waals surface area contributed by atoms with Gasteiger partial charge >= 0.3 is 6.03 Å². The summed E-state index contributed by atoms with van der Waals surface area (Å²) in [4.78, 5) is 38.0. The van der Waals surface area contributed by atoms with E-state index >= 15 is 0 Å². The van der Waals surface area contributed by atoms with E-state index in [1.165, 1.54) is 4.90 Å². The van der Waals surface area contributed by atoms with Crippen LogP contribution in [0.5, 0.6) is 0 Å². The van der Waals surface area contributed by atoms with Crippen LogP contribution in [-0.4, -0.2) is 42.5 Å². The van der Waals surface area contributed by atoms with E-state index in [-0.39, 0.29) is 11.8 Å². The van der Waals surface area contributed by atoms with Gasteiger partial charge in [-0.15, -0.1) is 0 Å². The Morgan fingerprint density at radius 3 is 2.45 bits per heavy atom. The number of barbiturate groups is 1. The molecule has 1 aliphatic carbocycles. The number of imide groups is 2. The maximum Gasteiger partial charge on any atom is 0.330 e. The summed E-state index contributed by atoms with van der Waals surface area (Å²) in [6.07, 6.45) is 4.59. The van der Waals surface area contributed by atoms with E-state index in [1.807, 2.05) is 0 Å². The molecule has 0 aromatic rings. The number of hydrogen-bond acceptors (Lipinski definition) is 4. The van der Waals surface area contributed by atoms with Crippen LogP contribution in [0, 0.1) is 11.3 Å². The maximum atomic E-state index is 12.7. The van der Waals surface area contributed by atoms with Gasteiger partial charge in [0.05, 0.1) is 0 Å². The van der Waals surface area contributed by atoms with Crippen molar-refractivity contribution in [1.29, 1.82) is 0 Å². The summed E-state index contributed by atoms with van der Waals surface area (Å²) in [5.41, 5.74) is -0.973. The fourth-order valence-corrected chi connectivity index (χ4v) is 3.50. The lowest BCUT2D eigenvalue weighted by molar-refractivity contribution is -0.151. The minimum absolute atomic E-state index is 0.282. The van der Waals surface area contributed by atoms with E-state index in [0.717, 1.165) is 25.7 Å². The maximum absolute atomic E-state index is 12.7. The first kappa shape index (κ1) is 13.5. The molecule has 6 nitrogen and oxygen atoms in total. The quantitative estimate of drug-likeness (QED) is 0.767. The number of rotatable bonds is 2. The molecule has 1 N–H and O–H groups in total. The Hall–Kier alpha value is -1.43. The summed E-state index contributed by atoms with van der Waals surface area (Å²) in [6.45, 7) is 1.76. The average Bonchev–Trinajstić information content (AvgIpc) is 2.94. The normalized spacial score (nSPS) is 27.2. The van der Waals surface area contributed by atoms with E-state index in [4.69, 9.17) is 4.74 Å². The highest BCUT2D eigenvalue weighted by Crippen LogP contribution is 2.42. The Kier molecular flexibility index (Phi) is 3.50. The zero-order valence-corrected chi connectivity index (χ0v) is 11.5. The van der Waals surface area contributed by atoms with Crippen LogP contribution in [0.2, 0.25) is 0 Å². The molecular formula is C14H20N2O4. The zero-order chi connectivity index (χ0) is 14.2. The molecule has 1 spiro atoms. The third-order valence-corrected chi connectivity index (χ3v) is 4.79. The van der Waals surface area contributed by atoms with Crippen molar-refractivity contribution in [1.82, 2.24) is 10.2 Å². The second kappa shape index (κ2) is 5.16. The second-order valence-corrected chi connectivity index (χ2v) is 6.02. The first-order chi connectivity index (χ1) is 9.63. The highest BCUT2D eigenvalue weighted by Gasteiger charge is 2.55. The summed E-state index contributed by atoms with van der Waals surface area (Å²) in [5, 5.41) is 2.38. The highest BCUT2D eigenvalue weighted by molar-refractivity contribution is 6.19. The Bertz CT molecular complexity index is 436. The molecule has 4 amide bonds. The van der Waals surface area contributed by atoms with E-state index in [9.17, 15) is 14.4 Å². The van der Waals surface area contributed by atoms with Crippen LogP contribution < -0.4 is 5.32 Å². The summed E-state index contributed by atoms with van der Waals surface area (Å²) >= 11 is 0. The van der Waals surface area contributed by atoms with Crippen molar-refractivity contribution < 1.29 is 19.1 Å². The van der Waals surface area contributed by atoms with Crippen molar-refractivity contribution in [2.24, 2.45) is 11.3 Å². The van der Waals surface area contributed by atoms with Crippen LogP contribution in [0.3, 0.4) is 0 Å². The van der Waals surface area contributed by atoms with E-state index in [2.05, 4.69) is 5.32 Å². The topological polar surface area (TPSA) is 75.7 Å². The molecule has 2 heterocycles. The van der Waals surface area contributed by atoms with Crippen LogP contribution in [0.15, 0.2) is 0 Å². The van der Waals surface area contributed by atoms with Crippen LogP contribution in [0.25, 0.3) is 0 Å². The lowest BCUT2D eigenvalue weighted by Gasteiger charge is -2.38. The zero-order valence-electron chi connectivity index (χ0n) is 11.5. The molecule has 1 saturated carbocycles. The average molecular weight is 280 g/mol. The first-order valence-corrected chi connectivity index (χ1v) is 7.39. The van der Waals surface area contributed by atoms with Crippen molar-refractivity contribution >= 4 is 17.8 Å². The van der Waals surface area contributed by atoms with Crippen LogP contribution in [0.4, 0.5) is 4.79 Å².